The summed E-state index contributed by atoms with van der Waals surface area (Å²) in [6.07, 6.45) is 1.53. The second-order valence-electron chi connectivity index (χ2n) is 6.57. The number of benzene rings is 2. The fraction of sp³-hybridized carbons (Fsp3) is 0.200. The summed E-state index contributed by atoms with van der Waals surface area (Å²) in [6.45, 7) is 1.69. The van der Waals surface area contributed by atoms with Gasteiger partial charge >= 0.3 is 0 Å². The maximum absolute atomic E-state index is 13.0. The molecular formula is C20H18Cl2N4O2S. The molecule has 1 aliphatic rings. The van der Waals surface area contributed by atoms with Crippen molar-refractivity contribution in [3.8, 4) is 11.3 Å². The number of sulfonamides is 1. The van der Waals surface area contributed by atoms with Gasteiger partial charge in [0.2, 0.25) is 10.0 Å². The van der Waals surface area contributed by atoms with Crippen LogP contribution in [0.5, 0.6) is 0 Å². The Morgan fingerprint density at radius 3 is 2.31 bits per heavy atom. The predicted molar refractivity (Wildman–Crippen MR) is 115 cm³/mol. The highest BCUT2D eigenvalue weighted by Gasteiger charge is 2.31. The van der Waals surface area contributed by atoms with Crippen molar-refractivity contribution in [1.82, 2.24) is 14.3 Å². The number of hydrogen-bond donors (Lipinski definition) is 0. The molecule has 1 saturated heterocycles. The Morgan fingerprint density at radius 1 is 0.862 bits per heavy atom. The van der Waals surface area contributed by atoms with E-state index in [1.807, 2.05) is 36.4 Å². The molecule has 1 fully saturated rings. The number of anilines is 1. The van der Waals surface area contributed by atoms with E-state index in [1.165, 1.54) is 16.7 Å². The third-order valence-electron chi connectivity index (χ3n) is 4.82. The molecule has 2 heterocycles. The first kappa shape index (κ1) is 20.1. The van der Waals surface area contributed by atoms with Crippen molar-refractivity contribution in [3.05, 3.63) is 71.0 Å². The van der Waals surface area contributed by atoms with Gasteiger partial charge in [-0.1, -0.05) is 59.6 Å². The molecule has 0 atom stereocenters. The van der Waals surface area contributed by atoms with Crippen molar-refractivity contribution < 1.29 is 8.42 Å². The highest BCUT2D eigenvalue weighted by Crippen LogP contribution is 2.31. The Bertz CT molecular complexity index is 1120. The molecule has 150 valence electrons. The third-order valence-corrected chi connectivity index (χ3v) is 7.69. The van der Waals surface area contributed by atoms with E-state index in [0.717, 1.165) is 17.1 Å². The van der Waals surface area contributed by atoms with Gasteiger partial charge in [0.25, 0.3) is 0 Å². The number of piperazine rings is 1. The molecule has 0 unspecified atom stereocenters. The highest BCUT2D eigenvalue weighted by atomic mass is 35.5. The minimum Gasteiger partial charge on any atom is -0.354 e. The molecule has 2 aromatic carbocycles. The van der Waals surface area contributed by atoms with Crippen molar-refractivity contribution in [3.63, 3.8) is 0 Å². The van der Waals surface area contributed by atoms with Crippen molar-refractivity contribution in [2.75, 3.05) is 31.1 Å². The standard InChI is InChI=1S/C20H18Cl2N4O2S/c21-16-7-4-8-18(20(16)22)29(27,28)26-11-9-25(10-12-26)19-13-17(23-14-24-19)15-5-2-1-3-6-15/h1-8,13-14H,9-12H2. The number of halogens is 2. The van der Waals surface area contributed by atoms with Crippen LogP contribution in [-0.2, 0) is 10.0 Å². The Labute approximate surface area is 179 Å². The molecule has 1 aromatic heterocycles. The Kier molecular flexibility index (Phi) is 5.74. The molecule has 1 aliphatic heterocycles. The van der Waals surface area contributed by atoms with Gasteiger partial charge in [0.1, 0.15) is 17.0 Å². The zero-order valence-electron chi connectivity index (χ0n) is 15.4. The largest absolute Gasteiger partial charge is 0.354 e. The molecule has 29 heavy (non-hydrogen) atoms. The lowest BCUT2D eigenvalue weighted by molar-refractivity contribution is 0.384. The van der Waals surface area contributed by atoms with Crippen LogP contribution in [0.1, 0.15) is 0 Å². The van der Waals surface area contributed by atoms with E-state index in [9.17, 15) is 8.42 Å². The third kappa shape index (κ3) is 4.09. The van der Waals surface area contributed by atoms with Gasteiger partial charge in [-0.3, -0.25) is 0 Å². The Hall–Kier alpha value is -2.19. The van der Waals surface area contributed by atoms with Gasteiger partial charge in [0, 0.05) is 37.8 Å². The molecule has 0 spiro atoms. The molecule has 0 amide bonds. The first-order valence-corrected chi connectivity index (χ1v) is 11.2. The maximum atomic E-state index is 13.0. The summed E-state index contributed by atoms with van der Waals surface area (Å²) in [4.78, 5) is 10.8. The number of aromatic nitrogens is 2. The van der Waals surface area contributed by atoms with Crippen molar-refractivity contribution in [2.45, 2.75) is 4.90 Å². The molecule has 0 N–H and O–H groups in total. The van der Waals surface area contributed by atoms with Gasteiger partial charge in [-0.2, -0.15) is 4.31 Å². The summed E-state index contributed by atoms with van der Waals surface area (Å²) in [6, 6.07) is 16.4. The van der Waals surface area contributed by atoms with E-state index in [4.69, 9.17) is 23.2 Å². The van der Waals surface area contributed by atoms with Gasteiger partial charge in [-0.25, -0.2) is 18.4 Å². The zero-order valence-corrected chi connectivity index (χ0v) is 17.7. The second-order valence-corrected chi connectivity index (χ2v) is 9.26. The number of rotatable bonds is 4. The molecule has 0 bridgehead atoms. The minimum absolute atomic E-state index is 0.0357. The van der Waals surface area contributed by atoms with E-state index in [2.05, 4.69) is 14.9 Å². The summed E-state index contributed by atoms with van der Waals surface area (Å²) < 4.78 is 27.4. The van der Waals surface area contributed by atoms with Crippen molar-refractivity contribution in [2.24, 2.45) is 0 Å². The van der Waals surface area contributed by atoms with Crippen molar-refractivity contribution >= 4 is 39.0 Å². The van der Waals surface area contributed by atoms with Gasteiger partial charge in [0.15, 0.2) is 0 Å². The van der Waals surface area contributed by atoms with Crippen LogP contribution in [0.3, 0.4) is 0 Å². The van der Waals surface area contributed by atoms with Crippen LogP contribution in [0.4, 0.5) is 5.82 Å². The lowest BCUT2D eigenvalue weighted by Crippen LogP contribution is -2.49. The normalized spacial score (nSPS) is 15.4. The predicted octanol–water partition coefficient (Wildman–Crippen LogP) is 3.96. The molecule has 3 aromatic rings. The van der Waals surface area contributed by atoms with Crippen LogP contribution in [0.25, 0.3) is 11.3 Å². The van der Waals surface area contributed by atoms with Gasteiger partial charge in [-0.15, -0.1) is 0 Å². The monoisotopic (exact) mass is 448 g/mol. The highest BCUT2D eigenvalue weighted by molar-refractivity contribution is 7.89. The molecule has 4 rings (SSSR count). The topological polar surface area (TPSA) is 66.4 Å². The van der Waals surface area contributed by atoms with Crippen LogP contribution in [-0.4, -0.2) is 48.9 Å². The number of nitrogens with zero attached hydrogens (tertiary/aromatic N) is 4. The van der Waals surface area contributed by atoms with Gasteiger partial charge < -0.3 is 4.90 Å². The Morgan fingerprint density at radius 2 is 1.59 bits per heavy atom. The first-order valence-electron chi connectivity index (χ1n) is 9.03. The van der Waals surface area contributed by atoms with E-state index in [1.54, 1.807) is 12.1 Å². The van der Waals surface area contributed by atoms with E-state index >= 15 is 0 Å². The van der Waals surface area contributed by atoms with Crippen LogP contribution in [0, 0.1) is 0 Å². The fourth-order valence-electron chi connectivity index (χ4n) is 3.27. The van der Waals surface area contributed by atoms with E-state index in [-0.39, 0.29) is 14.9 Å². The lowest BCUT2D eigenvalue weighted by Gasteiger charge is -2.34. The Balaban J connectivity index is 1.51. The van der Waals surface area contributed by atoms with Gasteiger partial charge in [-0.05, 0) is 12.1 Å². The summed E-state index contributed by atoms with van der Waals surface area (Å²) in [5, 5.41) is 0.278. The second kappa shape index (κ2) is 8.28. The maximum Gasteiger partial charge on any atom is 0.244 e. The summed E-state index contributed by atoms with van der Waals surface area (Å²) in [7, 11) is -3.71. The summed E-state index contributed by atoms with van der Waals surface area (Å²) in [5.41, 5.74) is 1.84. The zero-order chi connectivity index (χ0) is 20.4. The smallest absolute Gasteiger partial charge is 0.244 e. The summed E-state index contributed by atoms with van der Waals surface area (Å²) >= 11 is 12.1. The van der Waals surface area contributed by atoms with Crippen molar-refractivity contribution in [1.29, 1.82) is 0 Å². The van der Waals surface area contributed by atoms with E-state index < -0.39 is 10.0 Å². The fourth-order valence-corrected chi connectivity index (χ4v) is 5.42. The molecular weight excluding hydrogens is 431 g/mol. The lowest BCUT2D eigenvalue weighted by atomic mass is 10.1. The first-order chi connectivity index (χ1) is 14.0. The average molecular weight is 449 g/mol. The van der Waals surface area contributed by atoms with E-state index in [0.29, 0.717) is 26.2 Å². The van der Waals surface area contributed by atoms with Crippen LogP contribution < -0.4 is 4.90 Å². The van der Waals surface area contributed by atoms with Gasteiger partial charge in [0.05, 0.1) is 15.7 Å². The molecule has 0 saturated carbocycles. The SMILES string of the molecule is O=S(=O)(c1cccc(Cl)c1Cl)N1CCN(c2cc(-c3ccccc3)ncn2)CC1. The van der Waals surface area contributed by atoms with Crippen LogP contribution in [0.15, 0.2) is 65.8 Å². The minimum atomic E-state index is -3.71. The molecule has 0 radical (unpaired) electrons. The average Bonchev–Trinajstić information content (AvgIpc) is 2.76. The molecule has 6 nitrogen and oxygen atoms in total. The van der Waals surface area contributed by atoms with Crippen LogP contribution >= 0.6 is 23.2 Å². The summed E-state index contributed by atoms with van der Waals surface area (Å²) in [5.74, 6) is 0.775. The molecule has 9 heteroatoms. The van der Waals surface area contributed by atoms with Crippen LogP contribution in [0.2, 0.25) is 10.0 Å². The molecule has 0 aliphatic carbocycles. The number of hydrogen-bond acceptors (Lipinski definition) is 5. The quantitative estimate of drug-likeness (QED) is 0.603.